The van der Waals surface area contributed by atoms with Crippen LogP contribution in [0.5, 0.6) is 5.75 Å². The van der Waals surface area contributed by atoms with Gasteiger partial charge in [-0.3, -0.25) is 0 Å². The Labute approximate surface area is 107 Å². The first-order valence-corrected chi connectivity index (χ1v) is 6.07. The Bertz CT molecular complexity index is 473. The van der Waals surface area contributed by atoms with Crippen LogP contribution in [0.4, 0.5) is 0 Å². The van der Waals surface area contributed by atoms with Crippen molar-refractivity contribution in [1.82, 2.24) is 15.3 Å². The maximum atomic E-state index is 5.46. The van der Waals surface area contributed by atoms with Crippen molar-refractivity contribution in [3.8, 4) is 5.75 Å². The van der Waals surface area contributed by atoms with Crippen LogP contribution in [0.2, 0.25) is 0 Å². The molecule has 1 N–H and O–H groups in total. The van der Waals surface area contributed by atoms with E-state index >= 15 is 0 Å². The average Bonchev–Trinajstić information content (AvgIpc) is 2.41. The Balaban J connectivity index is 1.84. The van der Waals surface area contributed by atoms with E-state index in [9.17, 15) is 0 Å². The van der Waals surface area contributed by atoms with E-state index in [0.717, 1.165) is 18.1 Å². The fourth-order valence-electron chi connectivity index (χ4n) is 1.65. The van der Waals surface area contributed by atoms with Crippen molar-refractivity contribution in [3.05, 3.63) is 54.1 Å². The summed E-state index contributed by atoms with van der Waals surface area (Å²) in [5.41, 5.74) is 1.19. The minimum absolute atomic E-state index is 0.666. The summed E-state index contributed by atoms with van der Waals surface area (Å²) in [6.45, 7) is 4.12. The minimum atomic E-state index is 0.666. The second kappa shape index (κ2) is 6.71. The highest BCUT2D eigenvalue weighted by atomic mass is 16.5. The number of hydrogen-bond donors (Lipinski definition) is 1. The van der Waals surface area contributed by atoms with Crippen molar-refractivity contribution in [2.75, 3.05) is 6.61 Å². The number of ether oxygens (including phenoxy) is 1. The second-order valence-electron chi connectivity index (χ2n) is 3.85. The van der Waals surface area contributed by atoms with Crippen LogP contribution in [0.3, 0.4) is 0 Å². The molecule has 0 aliphatic rings. The van der Waals surface area contributed by atoms with Gasteiger partial charge in [0, 0.05) is 18.9 Å². The fraction of sp³-hybridized carbons (Fsp3) is 0.286. The summed E-state index contributed by atoms with van der Waals surface area (Å²) < 4.78 is 5.46. The quantitative estimate of drug-likeness (QED) is 0.844. The number of nitrogens with one attached hydrogen (secondary N) is 1. The zero-order valence-electron chi connectivity index (χ0n) is 10.5. The van der Waals surface area contributed by atoms with E-state index in [2.05, 4.69) is 21.4 Å². The lowest BCUT2D eigenvalue weighted by molar-refractivity contribution is 0.340. The first kappa shape index (κ1) is 12.5. The normalized spacial score (nSPS) is 10.3. The molecular weight excluding hydrogens is 226 g/mol. The van der Waals surface area contributed by atoms with Crippen LogP contribution in [0.15, 0.2) is 42.7 Å². The fourth-order valence-corrected chi connectivity index (χ4v) is 1.65. The van der Waals surface area contributed by atoms with Gasteiger partial charge >= 0.3 is 0 Å². The highest BCUT2D eigenvalue weighted by Crippen LogP contribution is 2.12. The monoisotopic (exact) mass is 243 g/mol. The molecule has 4 nitrogen and oxygen atoms in total. The van der Waals surface area contributed by atoms with Gasteiger partial charge in [-0.15, -0.1) is 0 Å². The average molecular weight is 243 g/mol. The summed E-state index contributed by atoms with van der Waals surface area (Å²) in [4.78, 5) is 8.32. The number of hydrogen-bond acceptors (Lipinski definition) is 4. The van der Waals surface area contributed by atoms with Crippen molar-refractivity contribution >= 4 is 0 Å². The largest absolute Gasteiger partial charge is 0.494 e. The zero-order chi connectivity index (χ0) is 12.6. The molecule has 2 aromatic rings. The van der Waals surface area contributed by atoms with Gasteiger partial charge in [-0.2, -0.15) is 0 Å². The summed E-state index contributed by atoms with van der Waals surface area (Å²) in [6.07, 6.45) is 3.50. The van der Waals surface area contributed by atoms with Gasteiger partial charge in [0.2, 0.25) is 0 Å². The van der Waals surface area contributed by atoms with Crippen molar-refractivity contribution in [2.45, 2.75) is 20.0 Å². The molecule has 94 valence electrons. The second-order valence-corrected chi connectivity index (χ2v) is 3.85. The SMILES string of the molecule is CCOc1cccc(CNCc2ncccn2)c1. The summed E-state index contributed by atoms with van der Waals surface area (Å²) in [7, 11) is 0. The third-order valence-electron chi connectivity index (χ3n) is 2.44. The van der Waals surface area contributed by atoms with Gasteiger partial charge in [0.25, 0.3) is 0 Å². The molecule has 0 amide bonds. The number of benzene rings is 1. The molecule has 0 aliphatic heterocycles. The van der Waals surface area contributed by atoms with Gasteiger partial charge in [-0.25, -0.2) is 9.97 Å². The van der Waals surface area contributed by atoms with E-state index in [1.54, 1.807) is 12.4 Å². The van der Waals surface area contributed by atoms with Crippen molar-refractivity contribution in [2.24, 2.45) is 0 Å². The van der Waals surface area contributed by atoms with E-state index in [4.69, 9.17) is 4.74 Å². The van der Waals surface area contributed by atoms with E-state index in [-0.39, 0.29) is 0 Å². The Morgan fingerprint density at radius 1 is 1.11 bits per heavy atom. The molecule has 1 aromatic heterocycles. The predicted octanol–water partition coefficient (Wildman–Crippen LogP) is 2.17. The lowest BCUT2D eigenvalue weighted by atomic mass is 10.2. The number of nitrogens with zero attached hydrogens (tertiary/aromatic N) is 2. The molecule has 0 spiro atoms. The molecule has 0 unspecified atom stereocenters. The van der Waals surface area contributed by atoms with Crippen molar-refractivity contribution in [1.29, 1.82) is 0 Å². The molecule has 0 bridgehead atoms. The minimum Gasteiger partial charge on any atom is -0.494 e. The highest BCUT2D eigenvalue weighted by molar-refractivity contribution is 5.28. The topological polar surface area (TPSA) is 47.0 Å². The number of aromatic nitrogens is 2. The van der Waals surface area contributed by atoms with Crippen LogP contribution in [0.25, 0.3) is 0 Å². The Morgan fingerprint density at radius 3 is 2.72 bits per heavy atom. The van der Waals surface area contributed by atoms with Gasteiger partial charge in [0.1, 0.15) is 11.6 Å². The van der Waals surface area contributed by atoms with Crippen LogP contribution >= 0.6 is 0 Å². The predicted molar refractivity (Wildman–Crippen MR) is 70.2 cm³/mol. The van der Waals surface area contributed by atoms with Crippen LogP contribution < -0.4 is 10.1 Å². The molecule has 0 aliphatic carbocycles. The van der Waals surface area contributed by atoms with Crippen LogP contribution in [0.1, 0.15) is 18.3 Å². The summed E-state index contributed by atoms with van der Waals surface area (Å²) >= 11 is 0. The third-order valence-corrected chi connectivity index (χ3v) is 2.44. The molecule has 1 aromatic carbocycles. The molecule has 0 fully saturated rings. The van der Waals surface area contributed by atoms with Gasteiger partial charge in [0.15, 0.2) is 0 Å². The lowest BCUT2D eigenvalue weighted by Crippen LogP contribution is -2.14. The van der Waals surface area contributed by atoms with E-state index in [1.165, 1.54) is 5.56 Å². The summed E-state index contributed by atoms with van der Waals surface area (Å²) in [5.74, 6) is 1.71. The van der Waals surface area contributed by atoms with Crippen LogP contribution in [0, 0.1) is 0 Å². The highest BCUT2D eigenvalue weighted by Gasteiger charge is 1.98. The Morgan fingerprint density at radius 2 is 1.94 bits per heavy atom. The zero-order valence-corrected chi connectivity index (χ0v) is 10.5. The number of rotatable bonds is 6. The molecule has 0 saturated heterocycles. The third kappa shape index (κ3) is 3.82. The van der Waals surface area contributed by atoms with E-state index in [0.29, 0.717) is 13.2 Å². The van der Waals surface area contributed by atoms with Gasteiger partial charge in [-0.05, 0) is 30.7 Å². The lowest BCUT2D eigenvalue weighted by Gasteiger charge is -2.07. The smallest absolute Gasteiger partial charge is 0.141 e. The summed E-state index contributed by atoms with van der Waals surface area (Å²) in [5, 5.41) is 3.31. The molecule has 2 rings (SSSR count). The van der Waals surface area contributed by atoms with Gasteiger partial charge in [-0.1, -0.05) is 12.1 Å². The Kier molecular flexibility index (Phi) is 4.67. The molecular formula is C14H17N3O. The van der Waals surface area contributed by atoms with Crippen LogP contribution in [-0.2, 0) is 13.1 Å². The van der Waals surface area contributed by atoms with Gasteiger partial charge < -0.3 is 10.1 Å². The maximum absolute atomic E-state index is 5.46. The van der Waals surface area contributed by atoms with Crippen molar-refractivity contribution in [3.63, 3.8) is 0 Å². The van der Waals surface area contributed by atoms with E-state index in [1.807, 2.05) is 31.2 Å². The van der Waals surface area contributed by atoms with E-state index < -0.39 is 0 Å². The summed E-state index contributed by atoms with van der Waals surface area (Å²) in [6, 6.07) is 9.90. The first-order chi connectivity index (χ1) is 8.88. The maximum Gasteiger partial charge on any atom is 0.141 e. The molecule has 1 heterocycles. The van der Waals surface area contributed by atoms with Crippen molar-refractivity contribution < 1.29 is 4.74 Å². The molecule has 4 heteroatoms. The molecule has 18 heavy (non-hydrogen) atoms. The molecule has 0 radical (unpaired) electrons. The van der Waals surface area contributed by atoms with Gasteiger partial charge in [0.05, 0.1) is 13.2 Å². The first-order valence-electron chi connectivity index (χ1n) is 6.07. The Hall–Kier alpha value is -1.94. The van der Waals surface area contributed by atoms with Crippen LogP contribution in [-0.4, -0.2) is 16.6 Å². The molecule has 0 saturated carbocycles. The standard InChI is InChI=1S/C14H17N3O/c1-2-18-13-6-3-5-12(9-13)10-15-11-14-16-7-4-8-17-14/h3-9,15H,2,10-11H2,1H3. The molecule has 0 atom stereocenters.